The van der Waals surface area contributed by atoms with Crippen molar-refractivity contribution in [3.05, 3.63) is 63.4 Å². The minimum Gasteiger partial charge on any atom is -0.454 e. The van der Waals surface area contributed by atoms with Gasteiger partial charge >= 0.3 is 0 Å². The van der Waals surface area contributed by atoms with Crippen LogP contribution < -0.4 is 0 Å². The molecule has 4 rings (SSSR count). The van der Waals surface area contributed by atoms with E-state index in [9.17, 15) is 8.78 Å². The van der Waals surface area contributed by atoms with Crippen molar-refractivity contribution in [1.29, 1.82) is 0 Å². The molecule has 0 fully saturated rings. The lowest BCUT2D eigenvalue weighted by Gasteiger charge is -1.99. The number of nitrogens with zero attached hydrogens (tertiary/aromatic N) is 1. The van der Waals surface area contributed by atoms with Gasteiger partial charge in [-0.05, 0) is 37.3 Å². The van der Waals surface area contributed by atoms with Crippen molar-refractivity contribution >= 4 is 38.2 Å². The number of thiazole rings is 1. The highest BCUT2D eigenvalue weighted by atomic mass is 79.9. The molecule has 6 heteroatoms. The molecule has 0 atom stereocenters. The van der Waals surface area contributed by atoms with E-state index in [1.807, 2.05) is 12.3 Å². The van der Waals surface area contributed by atoms with Gasteiger partial charge in [-0.1, -0.05) is 15.9 Å². The Morgan fingerprint density at radius 2 is 1.96 bits per heavy atom. The Labute approximate surface area is 148 Å². The number of fused-ring (bicyclic) bond motifs is 1. The van der Waals surface area contributed by atoms with Gasteiger partial charge in [-0.2, -0.15) is 0 Å². The van der Waals surface area contributed by atoms with E-state index in [2.05, 4.69) is 20.9 Å². The number of furan rings is 1. The summed E-state index contributed by atoms with van der Waals surface area (Å²) in [5, 5.41) is 3.23. The lowest BCUT2D eigenvalue weighted by Crippen LogP contribution is -1.84. The van der Waals surface area contributed by atoms with Crippen LogP contribution in [0.2, 0.25) is 0 Å². The molecule has 0 saturated carbocycles. The van der Waals surface area contributed by atoms with Crippen molar-refractivity contribution < 1.29 is 13.2 Å². The molecule has 0 bridgehead atoms. The van der Waals surface area contributed by atoms with Crippen molar-refractivity contribution in [2.75, 3.05) is 0 Å². The van der Waals surface area contributed by atoms with E-state index in [0.29, 0.717) is 32.1 Å². The fraction of sp³-hybridized carbons (Fsp3) is 0.0556. The van der Waals surface area contributed by atoms with Gasteiger partial charge in [0.2, 0.25) is 0 Å². The van der Waals surface area contributed by atoms with Crippen LogP contribution in [0.15, 0.2) is 50.7 Å². The van der Waals surface area contributed by atoms with Crippen LogP contribution in [0.25, 0.3) is 33.0 Å². The van der Waals surface area contributed by atoms with E-state index < -0.39 is 0 Å². The molecule has 0 unspecified atom stereocenters. The maximum Gasteiger partial charge on any atom is 0.157 e. The van der Waals surface area contributed by atoms with Crippen molar-refractivity contribution in [2.24, 2.45) is 0 Å². The molecule has 0 aliphatic carbocycles. The first-order valence-electron chi connectivity index (χ1n) is 7.13. The molecule has 0 radical (unpaired) electrons. The molecule has 2 nitrogen and oxygen atoms in total. The average Bonchev–Trinajstić information content (AvgIpc) is 3.12. The first-order valence-corrected chi connectivity index (χ1v) is 8.80. The summed E-state index contributed by atoms with van der Waals surface area (Å²) in [6.07, 6.45) is 0. The van der Waals surface area contributed by atoms with Crippen LogP contribution >= 0.6 is 27.3 Å². The zero-order chi connectivity index (χ0) is 16.8. The number of halogens is 3. The Kier molecular flexibility index (Phi) is 3.73. The molecule has 24 heavy (non-hydrogen) atoms. The fourth-order valence-electron chi connectivity index (χ4n) is 2.61. The van der Waals surface area contributed by atoms with Crippen LogP contribution in [-0.2, 0) is 0 Å². The molecule has 0 aliphatic rings. The van der Waals surface area contributed by atoms with Gasteiger partial charge < -0.3 is 4.42 Å². The summed E-state index contributed by atoms with van der Waals surface area (Å²) in [6, 6.07) is 9.31. The molecular formula is C18H10BrF2NOS. The molecule has 120 valence electrons. The third-order valence-electron chi connectivity index (χ3n) is 3.80. The lowest BCUT2D eigenvalue weighted by atomic mass is 10.1. The van der Waals surface area contributed by atoms with Crippen LogP contribution in [0.1, 0.15) is 5.56 Å². The van der Waals surface area contributed by atoms with Gasteiger partial charge in [0.1, 0.15) is 27.9 Å². The average molecular weight is 406 g/mol. The second-order valence-electron chi connectivity index (χ2n) is 5.36. The Balaban J connectivity index is 1.81. The van der Waals surface area contributed by atoms with E-state index in [4.69, 9.17) is 4.42 Å². The van der Waals surface area contributed by atoms with Crippen LogP contribution in [0.4, 0.5) is 8.78 Å². The molecule has 0 saturated heterocycles. The highest BCUT2D eigenvalue weighted by molar-refractivity contribution is 9.10. The molecule has 2 heterocycles. The molecule has 0 N–H and O–H groups in total. The quantitative estimate of drug-likeness (QED) is 0.376. The smallest absolute Gasteiger partial charge is 0.157 e. The highest BCUT2D eigenvalue weighted by Crippen LogP contribution is 2.36. The van der Waals surface area contributed by atoms with Gasteiger partial charge in [0.05, 0.1) is 0 Å². The number of benzene rings is 2. The number of hydrogen-bond acceptors (Lipinski definition) is 3. The summed E-state index contributed by atoms with van der Waals surface area (Å²) in [4.78, 5) is 4.50. The first-order chi connectivity index (χ1) is 11.5. The highest BCUT2D eigenvalue weighted by Gasteiger charge is 2.17. The minimum absolute atomic E-state index is 0.339. The van der Waals surface area contributed by atoms with Crippen LogP contribution in [0.3, 0.4) is 0 Å². The number of hydrogen-bond donors (Lipinski definition) is 0. The van der Waals surface area contributed by atoms with Crippen molar-refractivity contribution in [1.82, 2.24) is 4.98 Å². The third-order valence-corrected chi connectivity index (χ3v) is 5.17. The molecule has 0 aliphatic heterocycles. The van der Waals surface area contributed by atoms with E-state index in [0.717, 1.165) is 10.9 Å². The standard InChI is InChI=1S/C18H10BrF2NOS/c1-9-12-5-3-11(20)7-16(12)23-17(9)15-8-24-18(22-15)13-4-2-10(19)6-14(13)21/h2-8H,1H3. The lowest BCUT2D eigenvalue weighted by molar-refractivity contribution is 0.605. The topological polar surface area (TPSA) is 26.0 Å². The number of aromatic nitrogens is 1. The zero-order valence-electron chi connectivity index (χ0n) is 12.4. The molecule has 0 amide bonds. The van der Waals surface area contributed by atoms with Crippen LogP contribution in [-0.4, -0.2) is 4.98 Å². The monoisotopic (exact) mass is 405 g/mol. The predicted octanol–water partition coefficient (Wildman–Crippen LogP) is 6.57. The summed E-state index contributed by atoms with van der Waals surface area (Å²) >= 11 is 4.58. The van der Waals surface area contributed by atoms with E-state index in [1.165, 1.54) is 29.5 Å². The van der Waals surface area contributed by atoms with Gasteiger partial charge in [0.25, 0.3) is 0 Å². The second kappa shape index (κ2) is 5.79. The zero-order valence-corrected chi connectivity index (χ0v) is 14.8. The largest absolute Gasteiger partial charge is 0.454 e. The maximum absolute atomic E-state index is 14.1. The number of aryl methyl sites for hydroxylation is 1. The van der Waals surface area contributed by atoms with Gasteiger partial charge in [0.15, 0.2) is 5.76 Å². The summed E-state index contributed by atoms with van der Waals surface area (Å²) in [5.41, 5.74) is 2.42. The molecule has 4 aromatic rings. The van der Waals surface area contributed by atoms with Crippen molar-refractivity contribution in [3.63, 3.8) is 0 Å². The van der Waals surface area contributed by atoms with Crippen molar-refractivity contribution in [3.8, 4) is 22.0 Å². The Morgan fingerprint density at radius 3 is 2.75 bits per heavy atom. The summed E-state index contributed by atoms with van der Waals surface area (Å²) in [6.45, 7) is 1.90. The maximum atomic E-state index is 14.1. The van der Waals surface area contributed by atoms with E-state index in [1.54, 1.807) is 18.2 Å². The van der Waals surface area contributed by atoms with Gasteiger partial charge in [-0.3, -0.25) is 0 Å². The fourth-order valence-corrected chi connectivity index (χ4v) is 3.77. The summed E-state index contributed by atoms with van der Waals surface area (Å²) < 4.78 is 33.9. The van der Waals surface area contributed by atoms with Gasteiger partial charge in [-0.25, -0.2) is 13.8 Å². The van der Waals surface area contributed by atoms with Crippen molar-refractivity contribution in [2.45, 2.75) is 6.92 Å². The Bertz CT molecular complexity index is 1070. The summed E-state index contributed by atoms with van der Waals surface area (Å²) in [7, 11) is 0. The molecular weight excluding hydrogens is 396 g/mol. The van der Waals surface area contributed by atoms with Gasteiger partial charge in [0, 0.05) is 32.4 Å². The Hall–Kier alpha value is -2.05. The SMILES string of the molecule is Cc1c(-c2csc(-c3ccc(Br)cc3F)n2)oc2cc(F)ccc12. The van der Waals surface area contributed by atoms with E-state index in [-0.39, 0.29) is 11.6 Å². The summed E-state index contributed by atoms with van der Waals surface area (Å²) in [5.74, 6) is -0.108. The second-order valence-corrected chi connectivity index (χ2v) is 7.13. The minimum atomic E-state index is -0.348. The van der Waals surface area contributed by atoms with E-state index >= 15 is 0 Å². The number of rotatable bonds is 2. The third kappa shape index (κ3) is 2.56. The van der Waals surface area contributed by atoms with Crippen LogP contribution in [0.5, 0.6) is 0 Å². The normalized spacial score (nSPS) is 11.3. The Morgan fingerprint density at radius 1 is 1.12 bits per heavy atom. The van der Waals surface area contributed by atoms with Gasteiger partial charge in [-0.15, -0.1) is 11.3 Å². The van der Waals surface area contributed by atoms with Crippen LogP contribution in [0, 0.1) is 18.6 Å². The molecule has 0 spiro atoms. The first kappa shape index (κ1) is 15.5. The molecule has 2 aromatic carbocycles. The predicted molar refractivity (Wildman–Crippen MR) is 95.1 cm³/mol. The molecule has 2 aromatic heterocycles.